The zero-order valence-electron chi connectivity index (χ0n) is 20.9. The number of fused-ring (bicyclic) bond motifs is 1. The van der Waals surface area contributed by atoms with Gasteiger partial charge in [0.25, 0.3) is 12.9 Å². The molecule has 3 fully saturated rings. The van der Waals surface area contributed by atoms with E-state index < -0.39 is 10.8 Å². The second-order valence-corrected chi connectivity index (χ2v) is 10.4. The van der Waals surface area contributed by atoms with E-state index in [1.807, 2.05) is 43.9 Å². The molecule has 4 rings (SSSR count). The topological polar surface area (TPSA) is 140 Å². The van der Waals surface area contributed by atoms with Gasteiger partial charge in [0.1, 0.15) is 5.82 Å². The Hall–Kier alpha value is -3.17. The van der Waals surface area contributed by atoms with Crippen molar-refractivity contribution in [3.8, 4) is 0 Å². The molecule has 3 N–H and O–H groups in total. The minimum absolute atomic E-state index is 0.123. The molecule has 0 bridgehead atoms. The molecule has 194 valence electrons. The van der Waals surface area contributed by atoms with Gasteiger partial charge in [-0.15, -0.1) is 0 Å². The maximum Gasteiger partial charge on any atom is 0.290 e. The van der Waals surface area contributed by atoms with Gasteiger partial charge in [0.15, 0.2) is 0 Å². The van der Waals surface area contributed by atoms with Crippen molar-refractivity contribution in [2.75, 3.05) is 37.6 Å². The van der Waals surface area contributed by atoms with Crippen LogP contribution in [0.2, 0.25) is 0 Å². The molecule has 1 aromatic heterocycles. The Morgan fingerprint density at radius 3 is 2.37 bits per heavy atom. The number of hydrogen-bond acceptors (Lipinski definition) is 6. The lowest BCUT2D eigenvalue weighted by molar-refractivity contribution is -0.141. The van der Waals surface area contributed by atoms with Crippen LogP contribution in [0.4, 0.5) is 5.82 Å². The number of carboxylic acid groups (broad SMARTS) is 2. The summed E-state index contributed by atoms with van der Waals surface area (Å²) in [5.74, 6) is 2.06. The molecule has 0 aromatic carbocycles. The third-order valence-corrected chi connectivity index (χ3v) is 6.79. The first-order chi connectivity index (χ1) is 16.6. The number of amides is 2. The molecule has 3 heterocycles. The Labute approximate surface area is 206 Å². The van der Waals surface area contributed by atoms with Gasteiger partial charge in [0.2, 0.25) is 11.8 Å². The summed E-state index contributed by atoms with van der Waals surface area (Å²) in [6.07, 6.45) is 5.95. The van der Waals surface area contributed by atoms with Crippen molar-refractivity contribution in [1.82, 2.24) is 15.2 Å². The van der Waals surface area contributed by atoms with Crippen LogP contribution in [0.3, 0.4) is 0 Å². The number of carbonyl (C=O) groups excluding carboxylic acids is 2. The molecule has 3 aliphatic rings. The predicted octanol–water partition coefficient (Wildman–Crippen LogP) is 2.10. The standard InChI is InChI=1S/C23H34N4O2.2CH2O2/c1-22(2,3)21(29)26-12-6-10-23(20(28)25-13-17-8-9-17)16-27(15-18(23)14-26)19-7-4-5-11-24-19;2*2-1-3/h4-5,7,11,17-18H,6,8-10,12-16H2,1-3H3,(H,25,28);2*1H,(H,2,3)/t18-,23+;;/m0../s1. The number of rotatable bonds is 4. The molecule has 2 amide bonds. The van der Waals surface area contributed by atoms with Crippen LogP contribution in [0.25, 0.3) is 0 Å². The molecule has 0 radical (unpaired) electrons. The van der Waals surface area contributed by atoms with E-state index in [0.29, 0.717) is 19.0 Å². The van der Waals surface area contributed by atoms with Crippen LogP contribution in [-0.4, -0.2) is 77.6 Å². The van der Waals surface area contributed by atoms with Gasteiger partial charge < -0.3 is 25.3 Å². The normalized spacial score (nSPS) is 23.3. The number of nitrogens with one attached hydrogen (secondary N) is 1. The van der Waals surface area contributed by atoms with Crippen LogP contribution >= 0.6 is 0 Å². The van der Waals surface area contributed by atoms with Gasteiger partial charge in [0, 0.05) is 50.3 Å². The zero-order chi connectivity index (χ0) is 26.1. The van der Waals surface area contributed by atoms with Gasteiger partial charge in [-0.05, 0) is 43.7 Å². The smallest absolute Gasteiger partial charge is 0.290 e. The largest absolute Gasteiger partial charge is 0.483 e. The molecule has 1 saturated carbocycles. The highest BCUT2D eigenvalue weighted by Crippen LogP contribution is 2.44. The fourth-order valence-corrected chi connectivity index (χ4v) is 4.91. The number of nitrogens with zero attached hydrogens (tertiary/aromatic N) is 3. The Morgan fingerprint density at radius 1 is 1.17 bits per heavy atom. The molecule has 35 heavy (non-hydrogen) atoms. The van der Waals surface area contributed by atoms with Gasteiger partial charge in [-0.1, -0.05) is 26.8 Å². The van der Waals surface area contributed by atoms with E-state index in [1.165, 1.54) is 12.8 Å². The molecular weight excluding hydrogens is 452 g/mol. The molecule has 0 spiro atoms. The van der Waals surface area contributed by atoms with E-state index in [2.05, 4.69) is 15.2 Å². The monoisotopic (exact) mass is 490 g/mol. The molecule has 1 aliphatic carbocycles. The molecule has 2 aliphatic heterocycles. The first kappa shape index (κ1) is 28.1. The van der Waals surface area contributed by atoms with Crippen molar-refractivity contribution in [3.05, 3.63) is 24.4 Å². The van der Waals surface area contributed by atoms with Crippen LogP contribution in [0, 0.1) is 22.7 Å². The number of hydrogen-bond donors (Lipinski definition) is 3. The average molecular weight is 491 g/mol. The Morgan fingerprint density at radius 2 is 1.83 bits per heavy atom. The van der Waals surface area contributed by atoms with Crippen LogP contribution in [0.1, 0.15) is 46.5 Å². The summed E-state index contributed by atoms with van der Waals surface area (Å²) in [6, 6.07) is 5.92. The van der Waals surface area contributed by atoms with Crippen molar-refractivity contribution in [2.24, 2.45) is 22.7 Å². The maximum atomic E-state index is 13.5. The van der Waals surface area contributed by atoms with Gasteiger partial charge in [0.05, 0.1) is 5.41 Å². The summed E-state index contributed by atoms with van der Waals surface area (Å²) in [5, 5.41) is 17.0. The Bertz CT molecular complexity index is 849. The van der Waals surface area contributed by atoms with E-state index >= 15 is 0 Å². The lowest BCUT2D eigenvalue weighted by Crippen LogP contribution is -2.49. The summed E-state index contributed by atoms with van der Waals surface area (Å²) in [7, 11) is 0. The number of likely N-dealkylation sites (tertiary alicyclic amines) is 1. The third-order valence-electron chi connectivity index (χ3n) is 6.79. The SMILES string of the molecule is CC(C)(C)C(=O)N1CCC[C@@]2(C(=O)NCC3CC3)CN(c3ccccn3)C[C@@H]2C1.O=CO.O=CO. The molecular formula is C25H38N4O6. The average Bonchev–Trinajstić information content (AvgIpc) is 3.61. The third kappa shape index (κ3) is 7.40. The summed E-state index contributed by atoms with van der Waals surface area (Å²) in [5.41, 5.74) is -0.847. The van der Waals surface area contributed by atoms with E-state index in [1.54, 1.807) is 6.20 Å². The quantitative estimate of drug-likeness (QED) is 0.545. The minimum Gasteiger partial charge on any atom is -0.483 e. The van der Waals surface area contributed by atoms with Crippen molar-refractivity contribution < 1.29 is 29.4 Å². The second kappa shape index (κ2) is 12.5. The first-order valence-corrected chi connectivity index (χ1v) is 12.0. The van der Waals surface area contributed by atoms with E-state index in [4.69, 9.17) is 19.8 Å². The molecule has 1 aromatic rings. The van der Waals surface area contributed by atoms with Crippen molar-refractivity contribution in [2.45, 2.75) is 46.5 Å². The number of aromatic nitrogens is 1. The van der Waals surface area contributed by atoms with Crippen LogP contribution in [0.5, 0.6) is 0 Å². The summed E-state index contributed by atoms with van der Waals surface area (Å²) < 4.78 is 0. The summed E-state index contributed by atoms with van der Waals surface area (Å²) >= 11 is 0. The molecule has 0 unspecified atom stereocenters. The fourth-order valence-electron chi connectivity index (χ4n) is 4.91. The highest BCUT2D eigenvalue weighted by molar-refractivity contribution is 5.85. The number of carbonyl (C=O) groups is 4. The van der Waals surface area contributed by atoms with E-state index in [9.17, 15) is 9.59 Å². The highest BCUT2D eigenvalue weighted by atomic mass is 16.3. The van der Waals surface area contributed by atoms with Gasteiger partial charge >= 0.3 is 0 Å². The predicted molar refractivity (Wildman–Crippen MR) is 131 cm³/mol. The van der Waals surface area contributed by atoms with Crippen LogP contribution in [0.15, 0.2) is 24.4 Å². The lowest BCUT2D eigenvalue weighted by atomic mass is 9.74. The number of pyridine rings is 1. The highest BCUT2D eigenvalue weighted by Gasteiger charge is 2.54. The Balaban J connectivity index is 0.000000655. The molecule has 2 saturated heterocycles. The van der Waals surface area contributed by atoms with Gasteiger partial charge in [-0.25, -0.2) is 4.98 Å². The molecule has 10 heteroatoms. The van der Waals surface area contributed by atoms with Crippen molar-refractivity contribution in [1.29, 1.82) is 0 Å². The zero-order valence-corrected chi connectivity index (χ0v) is 20.9. The lowest BCUT2D eigenvalue weighted by Gasteiger charge is -2.34. The summed E-state index contributed by atoms with van der Waals surface area (Å²) in [4.78, 5) is 52.0. The molecule has 2 atom stereocenters. The fraction of sp³-hybridized carbons (Fsp3) is 0.640. The van der Waals surface area contributed by atoms with Crippen LogP contribution in [-0.2, 0) is 19.2 Å². The van der Waals surface area contributed by atoms with Crippen LogP contribution < -0.4 is 10.2 Å². The number of anilines is 1. The minimum atomic E-state index is -0.445. The van der Waals surface area contributed by atoms with Crippen molar-refractivity contribution >= 4 is 30.6 Å². The molecule has 10 nitrogen and oxygen atoms in total. The first-order valence-electron chi connectivity index (χ1n) is 12.0. The Kier molecular flexibility index (Phi) is 10.0. The van der Waals surface area contributed by atoms with Gasteiger partial charge in [-0.3, -0.25) is 19.2 Å². The van der Waals surface area contributed by atoms with E-state index in [0.717, 1.165) is 38.3 Å². The van der Waals surface area contributed by atoms with Crippen molar-refractivity contribution in [3.63, 3.8) is 0 Å². The summed E-state index contributed by atoms with van der Waals surface area (Å²) in [6.45, 7) is 9.07. The second-order valence-electron chi connectivity index (χ2n) is 10.4. The maximum absolute atomic E-state index is 13.5. The van der Waals surface area contributed by atoms with Gasteiger partial charge in [-0.2, -0.15) is 0 Å². The van der Waals surface area contributed by atoms with E-state index in [-0.39, 0.29) is 30.7 Å².